The molecule has 1 aliphatic carbocycles. The molecule has 0 radical (unpaired) electrons. The number of carbonyl (C=O) groups is 1. The van der Waals surface area contributed by atoms with Crippen molar-refractivity contribution in [2.24, 2.45) is 0 Å². The molecule has 2 fully saturated rings. The van der Waals surface area contributed by atoms with Crippen LogP contribution in [0, 0.1) is 6.92 Å². The Hall–Kier alpha value is -1.69. The molecular weight excluding hydrogens is 278 g/mol. The summed E-state index contributed by atoms with van der Waals surface area (Å²) in [6.45, 7) is 1.35. The third-order valence-electron chi connectivity index (χ3n) is 4.21. The van der Waals surface area contributed by atoms with Gasteiger partial charge in [-0.2, -0.15) is 0 Å². The van der Waals surface area contributed by atoms with Crippen molar-refractivity contribution in [2.75, 3.05) is 13.7 Å². The highest BCUT2D eigenvalue weighted by Crippen LogP contribution is 2.46. The van der Waals surface area contributed by atoms with Crippen LogP contribution in [0.5, 0.6) is 5.75 Å². The van der Waals surface area contributed by atoms with E-state index in [9.17, 15) is 13.6 Å². The van der Waals surface area contributed by atoms with Gasteiger partial charge in [-0.3, -0.25) is 10.1 Å². The van der Waals surface area contributed by atoms with Crippen molar-refractivity contribution < 1.29 is 18.3 Å². The van der Waals surface area contributed by atoms with E-state index >= 15 is 0 Å². The Kier molecular flexibility index (Phi) is 3.36. The lowest BCUT2D eigenvalue weighted by Gasteiger charge is -2.24. The minimum Gasteiger partial charge on any atom is -0.496 e. The molecule has 1 saturated heterocycles. The maximum absolute atomic E-state index is 12.8. The molecule has 114 valence electrons. The number of alkyl halides is 2. The maximum atomic E-state index is 12.8. The molecule has 1 heterocycles. The maximum Gasteiger partial charge on any atom is 0.255 e. The van der Waals surface area contributed by atoms with Crippen molar-refractivity contribution in [3.63, 3.8) is 0 Å². The van der Waals surface area contributed by atoms with Gasteiger partial charge in [-0.05, 0) is 43.0 Å². The first-order valence-corrected chi connectivity index (χ1v) is 6.98. The molecule has 1 aromatic rings. The van der Waals surface area contributed by atoms with Crippen LogP contribution < -0.4 is 10.1 Å². The Labute approximate surface area is 122 Å². The van der Waals surface area contributed by atoms with Gasteiger partial charge < -0.3 is 9.64 Å². The van der Waals surface area contributed by atoms with Crippen LogP contribution in [-0.2, 0) is 4.79 Å². The van der Waals surface area contributed by atoms with Gasteiger partial charge in [-0.1, -0.05) is 6.07 Å². The predicted octanol–water partition coefficient (Wildman–Crippen LogP) is 2.23. The van der Waals surface area contributed by atoms with Crippen molar-refractivity contribution in [1.82, 2.24) is 10.2 Å². The lowest BCUT2D eigenvalue weighted by atomic mass is 10.1. The van der Waals surface area contributed by atoms with E-state index in [2.05, 4.69) is 5.32 Å². The highest BCUT2D eigenvalue weighted by Gasteiger charge is 2.59. The fourth-order valence-electron chi connectivity index (χ4n) is 2.95. The molecule has 1 atom stereocenters. The van der Waals surface area contributed by atoms with E-state index < -0.39 is 24.7 Å². The van der Waals surface area contributed by atoms with Gasteiger partial charge in [-0.15, -0.1) is 0 Å². The minimum atomic E-state index is -2.54. The molecular formula is C15H18F2N2O2. The van der Waals surface area contributed by atoms with E-state index in [1.165, 1.54) is 4.90 Å². The van der Waals surface area contributed by atoms with Gasteiger partial charge in [0.05, 0.1) is 13.7 Å². The highest BCUT2D eigenvalue weighted by atomic mass is 19.3. The lowest BCUT2D eigenvalue weighted by Crippen LogP contribution is -2.35. The summed E-state index contributed by atoms with van der Waals surface area (Å²) >= 11 is 0. The van der Waals surface area contributed by atoms with Crippen LogP contribution in [0.3, 0.4) is 0 Å². The van der Waals surface area contributed by atoms with Crippen LogP contribution in [-0.4, -0.2) is 36.4 Å². The molecule has 1 unspecified atom stereocenters. The van der Waals surface area contributed by atoms with E-state index in [4.69, 9.17) is 4.74 Å². The van der Waals surface area contributed by atoms with Crippen molar-refractivity contribution >= 4 is 5.91 Å². The van der Waals surface area contributed by atoms with E-state index in [-0.39, 0.29) is 5.91 Å². The average Bonchev–Trinajstić information content (AvgIpc) is 3.17. The standard InChI is InChI=1S/C15H18F2N2O2/c1-9-7-10(3-4-11(9)21-2)13-18-15(5-6-15)14(20)19(13)8-12(16)17/h3-4,7,12-13,18H,5-6,8H2,1-2H3. The summed E-state index contributed by atoms with van der Waals surface area (Å²) in [5.74, 6) is 0.533. The Morgan fingerprint density at radius 1 is 1.48 bits per heavy atom. The summed E-state index contributed by atoms with van der Waals surface area (Å²) in [4.78, 5) is 13.6. The number of rotatable bonds is 4. The lowest BCUT2D eigenvalue weighted by molar-refractivity contribution is -0.132. The molecule has 0 bridgehead atoms. The fraction of sp³-hybridized carbons (Fsp3) is 0.533. The molecule has 1 aromatic carbocycles. The first kappa shape index (κ1) is 14.3. The van der Waals surface area contributed by atoms with E-state index in [1.54, 1.807) is 13.2 Å². The summed E-state index contributed by atoms with van der Waals surface area (Å²) < 4.78 is 30.8. The van der Waals surface area contributed by atoms with Crippen LogP contribution in [0.4, 0.5) is 8.78 Å². The molecule has 21 heavy (non-hydrogen) atoms. The van der Waals surface area contributed by atoms with Crippen molar-refractivity contribution in [3.8, 4) is 5.75 Å². The minimum absolute atomic E-state index is 0.207. The molecule has 1 saturated carbocycles. The second kappa shape index (κ2) is 4.94. The van der Waals surface area contributed by atoms with Crippen molar-refractivity contribution in [2.45, 2.75) is 37.9 Å². The van der Waals surface area contributed by atoms with E-state index in [0.717, 1.165) is 29.7 Å². The highest BCUT2D eigenvalue weighted by molar-refractivity contribution is 5.92. The third kappa shape index (κ3) is 2.37. The number of nitrogens with zero attached hydrogens (tertiary/aromatic N) is 1. The van der Waals surface area contributed by atoms with Crippen LogP contribution in [0.15, 0.2) is 18.2 Å². The summed E-state index contributed by atoms with van der Waals surface area (Å²) in [6, 6.07) is 5.50. The van der Waals surface area contributed by atoms with Crippen LogP contribution in [0.2, 0.25) is 0 Å². The molecule has 2 aliphatic rings. The van der Waals surface area contributed by atoms with Gasteiger partial charge in [0.1, 0.15) is 17.5 Å². The summed E-state index contributed by atoms with van der Waals surface area (Å²) in [7, 11) is 1.58. The zero-order valence-corrected chi connectivity index (χ0v) is 12.0. The smallest absolute Gasteiger partial charge is 0.255 e. The number of nitrogens with one attached hydrogen (secondary N) is 1. The van der Waals surface area contributed by atoms with Gasteiger partial charge in [0.2, 0.25) is 5.91 Å². The van der Waals surface area contributed by atoms with E-state index in [1.807, 2.05) is 19.1 Å². The second-order valence-electron chi connectivity index (χ2n) is 5.71. The average molecular weight is 296 g/mol. The molecule has 3 rings (SSSR count). The molecule has 1 spiro atoms. The zero-order valence-electron chi connectivity index (χ0n) is 12.0. The molecule has 1 aliphatic heterocycles. The number of amides is 1. The van der Waals surface area contributed by atoms with Crippen LogP contribution in [0.1, 0.15) is 30.1 Å². The third-order valence-corrected chi connectivity index (χ3v) is 4.21. The topological polar surface area (TPSA) is 41.6 Å². The zero-order chi connectivity index (χ0) is 15.2. The molecule has 0 aromatic heterocycles. The molecule has 1 amide bonds. The number of hydrogen-bond donors (Lipinski definition) is 1. The molecule has 1 N–H and O–H groups in total. The van der Waals surface area contributed by atoms with Crippen molar-refractivity contribution in [1.29, 1.82) is 0 Å². The number of methoxy groups -OCH3 is 1. The Balaban J connectivity index is 1.91. The fourth-order valence-corrected chi connectivity index (χ4v) is 2.95. The first-order valence-electron chi connectivity index (χ1n) is 6.98. The number of halogens is 2. The summed E-state index contributed by atoms with van der Waals surface area (Å²) in [5, 5.41) is 3.23. The van der Waals surface area contributed by atoms with Crippen molar-refractivity contribution in [3.05, 3.63) is 29.3 Å². The largest absolute Gasteiger partial charge is 0.496 e. The SMILES string of the molecule is COc1ccc(C2NC3(CC3)C(=O)N2CC(F)F)cc1C. The monoisotopic (exact) mass is 296 g/mol. The number of benzene rings is 1. The Bertz CT molecular complexity index is 573. The number of carbonyl (C=O) groups excluding carboxylic acids is 1. The quantitative estimate of drug-likeness (QED) is 0.926. The number of ether oxygens (including phenoxy) is 1. The number of hydrogen-bond acceptors (Lipinski definition) is 3. The second-order valence-corrected chi connectivity index (χ2v) is 5.71. The Morgan fingerprint density at radius 3 is 2.71 bits per heavy atom. The predicted molar refractivity (Wildman–Crippen MR) is 73.3 cm³/mol. The van der Waals surface area contributed by atoms with Gasteiger partial charge in [-0.25, -0.2) is 8.78 Å². The summed E-state index contributed by atoms with van der Waals surface area (Å²) in [6.07, 6.45) is -1.58. The van der Waals surface area contributed by atoms with Gasteiger partial charge in [0.15, 0.2) is 0 Å². The van der Waals surface area contributed by atoms with E-state index in [0.29, 0.717) is 0 Å². The number of aryl methyl sites for hydroxylation is 1. The first-order chi connectivity index (χ1) is 9.97. The van der Waals surface area contributed by atoms with Crippen LogP contribution >= 0.6 is 0 Å². The van der Waals surface area contributed by atoms with Crippen LogP contribution in [0.25, 0.3) is 0 Å². The molecule has 4 nitrogen and oxygen atoms in total. The van der Waals surface area contributed by atoms with Gasteiger partial charge in [0, 0.05) is 0 Å². The van der Waals surface area contributed by atoms with Gasteiger partial charge >= 0.3 is 0 Å². The normalized spacial score (nSPS) is 23.2. The summed E-state index contributed by atoms with van der Waals surface area (Å²) in [5.41, 5.74) is 1.12. The molecule has 6 heteroatoms. The van der Waals surface area contributed by atoms with Gasteiger partial charge in [0.25, 0.3) is 6.43 Å². The Morgan fingerprint density at radius 2 is 2.19 bits per heavy atom.